The van der Waals surface area contributed by atoms with Gasteiger partial charge in [-0.1, -0.05) is 19.9 Å². The molecule has 21 heavy (non-hydrogen) atoms. The van der Waals surface area contributed by atoms with Crippen LogP contribution < -0.4 is 0 Å². The minimum absolute atomic E-state index is 0.515. The van der Waals surface area contributed by atoms with Crippen molar-refractivity contribution in [3.8, 4) is 20.5 Å². The minimum Gasteiger partial charge on any atom is -0.240 e. The van der Waals surface area contributed by atoms with Gasteiger partial charge in [-0.15, -0.1) is 44.6 Å². The lowest BCUT2D eigenvalue weighted by molar-refractivity contribution is 0.929. The largest absolute Gasteiger partial charge is 0.240 e. The first-order valence-electron chi connectivity index (χ1n) is 6.65. The molecule has 3 heterocycles. The fraction of sp³-hybridized carbons (Fsp3) is 0.267. The Morgan fingerprint density at radius 3 is 2.62 bits per heavy atom. The highest BCUT2D eigenvalue weighted by molar-refractivity contribution is 7.99. The first kappa shape index (κ1) is 14.7. The van der Waals surface area contributed by atoms with Crippen LogP contribution in [-0.2, 0) is 0 Å². The van der Waals surface area contributed by atoms with E-state index in [1.54, 1.807) is 34.4 Å². The number of aryl methyl sites for hydroxylation is 1. The number of rotatable bonds is 4. The summed E-state index contributed by atoms with van der Waals surface area (Å²) in [5.74, 6) is 0. The Morgan fingerprint density at radius 1 is 1.14 bits per heavy atom. The number of aromatic nitrogens is 3. The number of thiazole rings is 1. The molecule has 0 aliphatic carbocycles. The highest BCUT2D eigenvalue weighted by Crippen LogP contribution is 2.36. The van der Waals surface area contributed by atoms with E-state index in [0.29, 0.717) is 5.25 Å². The molecule has 0 fully saturated rings. The smallest absolute Gasteiger partial charge is 0.134 e. The molecule has 3 nitrogen and oxygen atoms in total. The third-order valence-corrected chi connectivity index (χ3v) is 5.91. The summed E-state index contributed by atoms with van der Waals surface area (Å²) in [6.07, 6.45) is 0. The van der Waals surface area contributed by atoms with Crippen molar-refractivity contribution in [3.05, 3.63) is 35.3 Å². The van der Waals surface area contributed by atoms with Gasteiger partial charge in [0.25, 0.3) is 0 Å². The van der Waals surface area contributed by atoms with E-state index in [2.05, 4.69) is 40.5 Å². The van der Waals surface area contributed by atoms with E-state index < -0.39 is 0 Å². The van der Waals surface area contributed by atoms with Crippen LogP contribution in [-0.4, -0.2) is 20.4 Å². The van der Waals surface area contributed by atoms with Crippen molar-refractivity contribution in [2.45, 2.75) is 31.0 Å². The van der Waals surface area contributed by atoms with Gasteiger partial charge in [-0.05, 0) is 30.5 Å². The third kappa shape index (κ3) is 3.33. The average molecular weight is 334 g/mol. The van der Waals surface area contributed by atoms with Gasteiger partial charge in [0.15, 0.2) is 0 Å². The van der Waals surface area contributed by atoms with Gasteiger partial charge in [0.1, 0.15) is 15.7 Å². The van der Waals surface area contributed by atoms with E-state index in [9.17, 15) is 0 Å². The summed E-state index contributed by atoms with van der Waals surface area (Å²) in [6.45, 7) is 6.34. The Balaban J connectivity index is 1.90. The predicted octanol–water partition coefficient (Wildman–Crippen LogP) is 5.14. The highest BCUT2D eigenvalue weighted by atomic mass is 32.2. The normalized spacial score (nSPS) is 11.2. The lowest BCUT2D eigenvalue weighted by Crippen LogP contribution is -1.92. The number of nitrogens with zero attached hydrogens (tertiary/aromatic N) is 3. The van der Waals surface area contributed by atoms with Crippen LogP contribution in [0.3, 0.4) is 0 Å². The molecule has 0 saturated heterocycles. The molecule has 3 aromatic rings. The zero-order chi connectivity index (χ0) is 14.8. The molecule has 3 rings (SSSR count). The van der Waals surface area contributed by atoms with Crippen molar-refractivity contribution < 1.29 is 0 Å². The summed E-state index contributed by atoms with van der Waals surface area (Å²) in [5.41, 5.74) is 1.92. The van der Waals surface area contributed by atoms with Gasteiger partial charge in [-0.2, -0.15) is 0 Å². The first-order valence-corrected chi connectivity index (χ1v) is 9.23. The van der Waals surface area contributed by atoms with Crippen LogP contribution in [0.15, 0.2) is 34.7 Å². The number of thiophene rings is 1. The second-order valence-corrected chi connectivity index (χ2v) is 8.38. The zero-order valence-corrected chi connectivity index (χ0v) is 14.5. The zero-order valence-electron chi connectivity index (χ0n) is 12.0. The van der Waals surface area contributed by atoms with Crippen LogP contribution in [0.5, 0.6) is 0 Å². The molecule has 0 amide bonds. The van der Waals surface area contributed by atoms with E-state index in [4.69, 9.17) is 0 Å². The van der Waals surface area contributed by atoms with E-state index in [1.807, 2.05) is 25.1 Å². The summed E-state index contributed by atoms with van der Waals surface area (Å²) in [4.78, 5) is 6.96. The summed E-state index contributed by atoms with van der Waals surface area (Å²) in [5, 5.41) is 13.3. The topological polar surface area (TPSA) is 38.7 Å². The van der Waals surface area contributed by atoms with Crippen LogP contribution in [0.4, 0.5) is 0 Å². The maximum atomic E-state index is 4.66. The van der Waals surface area contributed by atoms with Gasteiger partial charge in [0, 0.05) is 5.25 Å². The van der Waals surface area contributed by atoms with Gasteiger partial charge >= 0.3 is 0 Å². The van der Waals surface area contributed by atoms with Gasteiger partial charge in [-0.3, -0.25) is 0 Å². The number of hydrogen-bond donors (Lipinski definition) is 0. The molecule has 0 bridgehead atoms. The van der Waals surface area contributed by atoms with Crippen molar-refractivity contribution in [2.24, 2.45) is 0 Å². The van der Waals surface area contributed by atoms with Crippen LogP contribution in [0.1, 0.15) is 19.5 Å². The SMILES string of the molecule is Cc1nc(-c2cccs2)sc1-c1ccc(SC(C)C)nn1. The van der Waals surface area contributed by atoms with Crippen molar-refractivity contribution >= 4 is 34.4 Å². The summed E-state index contributed by atoms with van der Waals surface area (Å²) in [6, 6.07) is 8.22. The second-order valence-electron chi connectivity index (χ2n) is 4.83. The van der Waals surface area contributed by atoms with Crippen LogP contribution >= 0.6 is 34.4 Å². The molecule has 108 valence electrons. The van der Waals surface area contributed by atoms with Crippen LogP contribution in [0, 0.1) is 6.92 Å². The molecule has 0 aliphatic heterocycles. The molecule has 0 spiro atoms. The molecule has 0 radical (unpaired) electrons. The Hall–Kier alpha value is -1.24. The van der Waals surface area contributed by atoms with Crippen molar-refractivity contribution in [2.75, 3.05) is 0 Å². The minimum atomic E-state index is 0.515. The quantitative estimate of drug-likeness (QED) is 0.620. The summed E-state index contributed by atoms with van der Waals surface area (Å²) >= 11 is 5.12. The van der Waals surface area contributed by atoms with Crippen LogP contribution in [0.25, 0.3) is 20.5 Å². The Labute approximate surface area is 136 Å². The summed E-state index contributed by atoms with van der Waals surface area (Å²) in [7, 11) is 0. The second kappa shape index (κ2) is 6.25. The number of thioether (sulfide) groups is 1. The Morgan fingerprint density at radius 2 is 2.00 bits per heavy atom. The average Bonchev–Trinajstić information content (AvgIpc) is 3.08. The monoisotopic (exact) mass is 333 g/mol. The van der Waals surface area contributed by atoms with Gasteiger partial charge in [0.2, 0.25) is 0 Å². The van der Waals surface area contributed by atoms with Gasteiger partial charge in [0.05, 0.1) is 15.4 Å². The van der Waals surface area contributed by atoms with Gasteiger partial charge in [-0.25, -0.2) is 4.98 Å². The molecule has 0 aromatic carbocycles. The van der Waals surface area contributed by atoms with Crippen molar-refractivity contribution in [1.29, 1.82) is 0 Å². The van der Waals surface area contributed by atoms with E-state index >= 15 is 0 Å². The molecular weight excluding hydrogens is 318 g/mol. The fourth-order valence-corrected chi connectivity index (χ4v) is 4.43. The van der Waals surface area contributed by atoms with Crippen molar-refractivity contribution in [3.63, 3.8) is 0 Å². The molecular formula is C15H15N3S3. The van der Waals surface area contributed by atoms with Gasteiger partial charge < -0.3 is 0 Å². The predicted molar refractivity (Wildman–Crippen MR) is 92.2 cm³/mol. The third-order valence-electron chi connectivity index (χ3n) is 2.76. The first-order chi connectivity index (χ1) is 10.1. The molecule has 0 N–H and O–H groups in total. The molecule has 6 heteroatoms. The lowest BCUT2D eigenvalue weighted by Gasteiger charge is -2.03. The van der Waals surface area contributed by atoms with E-state index in [0.717, 1.165) is 26.3 Å². The van der Waals surface area contributed by atoms with Crippen LogP contribution in [0.2, 0.25) is 0 Å². The molecule has 0 aliphatic rings. The standard InChI is InChI=1S/C15H15N3S3/c1-9(2)20-13-7-6-11(17-18-13)14-10(3)16-15(21-14)12-5-4-8-19-12/h4-9H,1-3H3. The lowest BCUT2D eigenvalue weighted by atomic mass is 10.3. The highest BCUT2D eigenvalue weighted by Gasteiger charge is 2.13. The molecule has 0 atom stereocenters. The maximum absolute atomic E-state index is 4.66. The van der Waals surface area contributed by atoms with E-state index in [-0.39, 0.29) is 0 Å². The fourth-order valence-electron chi connectivity index (χ4n) is 1.89. The molecule has 0 saturated carbocycles. The van der Waals surface area contributed by atoms with E-state index in [1.165, 1.54) is 4.88 Å². The Kier molecular flexibility index (Phi) is 4.37. The summed E-state index contributed by atoms with van der Waals surface area (Å²) < 4.78 is 0. The Bertz CT molecular complexity index is 715. The molecule has 3 aromatic heterocycles. The maximum Gasteiger partial charge on any atom is 0.134 e. The molecule has 0 unspecified atom stereocenters. The van der Waals surface area contributed by atoms with Crippen molar-refractivity contribution in [1.82, 2.24) is 15.2 Å². The number of hydrogen-bond acceptors (Lipinski definition) is 6.